The van der Waals surface area contributed by atoms with Crippen LogP contribution in [0.2, 0.25) is 0 Å². The van der Waals surface area contributed by atoms with Crippen LogP contribution in [-0.2, 0) is 11.0 Å². The van der Waals surface area contributed by atoms with E-state index in [1.165, 1.54) is 0 Å². The summed E-state index contributed by atoms with van der Waals surface area (Å²) < 4.78 is 14.0. The van der Waals surface area contributed by atoms with Crippen LogP contribution in [-0.4, -0.2) is 22.5 Å². The molecule has 0 aromatic rings. The van der Waals surface area contributed by atoms with Crippen LogP contribution in [0.5, 0.6) is 0 Å². The molecule has 0 radical (unpaired) electrons. The predicted octanol–water partition coefficient (Wildman–Crippen LogP) is 0.765. The summed E-state index contributed by atoms with van der Waals surface area (Å²) in [4.78, 5) is 4.23. The molecule has 1 aliphatic heterocycles. The minimum absolute atomic E-state index is 0.198. The summed E-state index contributed by atoms with van der Waals surface area (Å²) in [7, 11) is -0.981. The number of nitrogens with zero attached hydrogens (tertiary/aromatic N) is 1. The molecule has 0 spiro atoms. The van der Waals surface area contributed by atoms with Crippen LogP contribution in [0.25, 0.3) is 0 Å². The average molecular weight is 229 g/mol. The second kappa shape index (κ2) is 3.56. The molecule has 1 atom stereocenters. The van der Waals surface area contributed by atoms with Crippen molar-refractivity contribution in [2.24, 2.45) is 21.6 Å². The van der Waals surface area contributed by atoms with Crippen LogP contribution in [0, 0.1) is 10.8 Å². The monoisotopic (exact) mass is 229 g/mol. The van der Waals surface area contributed by atoms with E-state index in [1.807, 2.05) is 0 Å². The van der Waals surface area contributed by atoms with E-state index in [2.05, 4.69) is 23.6 Å². The van der Waals surface area contributed by atoms with Crippen molar-refractivity contribution in [2.75, 3.05) is 12.4 Å². The van der Waals surface area contributed by atoms with Gasteiger partial charge in [-0.15, -0.1) is 0 Å². The van der Waals surface area contributed by atoms with E-state index in [0.717, 1.165) is 25.1 Å². The van der Waals surface area contributed by atoms with E-state index in [9.17, 15) is 4.21 Å². The Labute approximate surface area is 93.3 Å². The molecule has 1 aliphatic carbocycles. The van der Waals surface area contributed by atoms with Crippen molar-refractivity contribution in [3.05, 3.63) is 0 Å². The fraction of sp³-hybridized carbons (Fsp3) is 0.900. The maximum Gasteiger partial charge on any atom is 0.140 e. The van der Waals surface area contributed by atoms with Crippen LogP contribution in [0.3, 0.4) is 0 Å². The molecule has 2 aliphatic rings. The molecule has 0 saturated heterocycles. The summed E-state index contributed by atoms with van der Waals surface area (Å²) in [5.41, 5.74) is 6.46. The van der Waals surface area contributed by atoms with Crippen molar-refractivity contribution in [3.8, 4) is 0 Å². The Morgan fingerprint density at radius 1 is 1.53 bits per heavy atom. The predicted molar refractivity (Wildman–Crippen MR) is 62.7 cm³/mol. The van der Waals surface area contributed by atoms with Crippen LogP contribution < -0.4 is 10.5 Å². The standard InChI is InChI=1S/C10H19N3OS/c1-9(2)4-10(5-9,6-11)3-8-12-7-15(14)13-8/h3-7,11H2,1-2H3,(H,12,13). The Kier molecular flexibility index (Phi) is 2.63. The topological polar surface area (TPSA) is 67.5 Å². The van der Waals surface area contributed by atoms with Crippen LogP contribution in [0.15, 0.2) is 4.99 Å². The zero-order chi connectivity index (χ0) is 11.1. The molecule has 15 heavy (non-hydrogen) atoms. The molecular formula is C10H19N3OS. The van der Waals surface area contributed by atoms with Crippen molar-refractivity contribution in [2.45, 2.75) is 33.1 Å². The minimum atomic E-state index is -0.981. The molecule has 2 rings (SSSR count). The van der Waals surface area contributed by atoms with Gasteiger partial charge >= 0.3 is 0 Å². The minimum Gasteiger partial charge on any atom is -0.330 e. The van der Waals surface area contributed by atoms with E-state index >= 15 is 0 Å². The lowest BCUT2D eigenvalue weighted by atomic mass is 9.53. The molecule has 0 amide bonds. The van der Waals surface area contributed by atoms with Gasteiger partial charge in [0, 0.05) is 6.42 Å². The molecule has 0 aromatic carbocycles. The number of nitrogens with two attached hydrogens (primary N) is 1. The lowest BCUT2D eigenvalue weighted by Gasteiger charge is -2.53. The van der Waals surface area contributed by atoms with Crippen molar-refractivity contribution < 1.29 is 4.21 Å². The van der Waals surface area contributed by atoms with Gasteiger partial charge in [-0.05, 0) is 30.2 Å². The van der Waals surface area contributed by atoms with Gasteiger partial charge in [-0.25, -0.2) is 4.21 Å². The Balaban J connectivity index is 1.96. The van der Waals surface area contributed by atoms with Gasteiger partial charge in [0.25, 0.3) is 0 Å². The first-order valence-electron chi connectivity index (χ1n) is 5.33. The summed E-state index contributed by atoms with van der Waals surface area (Å²) in [5, 5.41) is 0. The number of aliphatic imine (C=N–C) groups is 1. The summed E-state index contributed by atoms with van der Waals surface area (Å²) >= 11 is 0. The molecule has 1 saturated carbocycles. The van der Waals surface area contributed by atoms with Crippen molar-refractivity contribution >= 4 is 16.8 Å². The largest absolute Gasteiger partial charge is 0.330 e. The highest BCUT2D eigenvalue weighted by Crippen LogP contribution is 2.55. The zero-order valence-electron chi connectivity index (χ0n) is 9.38. The molecule has 5 heteroatoms. The molecule has 0 aromatic heterocycles. The van der Waals surface area contributed by atoms with E-state index in [1.54, 1.807) is 0 Å². The Bertz CT molecular complexity index is 317. The second-order valence-electron chi connectivity index (χ2n) is 5.58. The molecule has 1 heterocycles. The zero-order valence-corrected chi connectivity index (χ0v) is 10.2. The third kappa shape index (κ3) is 2.23. The molecule has 1 fully saturated rings. The second-order valence-corrected chi connectivity index (χ2v) is 6.73. The average Bonchev–Trinajstić information content (AvgIpc) is 2.47. The highest BCUT2D eigenvalue weighted by molar-refractivity contribution is 7.83. The highest BCUT2D eigenvalue weighted by atomic mass is 32.2. The summed E-state index contributed by atoms with van der Waals surface area (Å²) in [5.74, 6) is 1.29. The van der Waals surface area contributed by atoms with Crippen LogP contribution in [0.1, 0.15) is 33.1 Å². The van der Waals surface area contributed by atoms with E-state index < -0.39 is 11.0 Å². The normalized spacial score (nSPS) is 31.7. The first-order chi connectivity index (χ1) is 6.95. The summed E-state index contributed by atoms with van der Waals surface area (Å²) in [6.45, 7) is 5.23. The number of hydrogen-bond donors (Lipinski definition) is 2. The maximum atomic E-state index is 11.1. The van der Waals surface area contributed by atoms with Gasteiger partial charge in [-0.3, -0.25) is 9.71 Å². The molecule has 86 valence electrons. The SMILES string of the molecule is CC1(C)CC(CN)(CC2=NCS(=O)N2)C1. The van der Waals surface area contributed by atoms with Gasteiger partial charge in [-0.1, -0.05) is 13.8 Å². The van der Waals surface area contributed by atoms with Crippen LogP contribution >= 0.6 is 0 Å². The van der Waals surface area contributed by atoms with Gasteiger partial charge < -0.3 is 5.73 Å². The van der Waals surface area contributed by atoms with Crippen molar-refractivity contribution in [1.82, 2.24) is 4.72 Å². The fourth-order valence-corrected chi connectivity index (χ4v) is 3.84. The molecule has 1 unspecified atom stereocenters. The van der Waals surface area contributed by atoms with E-state index in [0.29, 0.717) is 17.8 Å². The quantitative estimate of drug-likeness (QED) is 0.750. The third-order valence-corrected chi connectivity index (χ3v) is 4.11. The van der Waals surface area contributed by atoms with Gasteiger partial charge in [0.2, 0.25) is 0 Å². The number of rotatable bonds is 3. The summed E-state index contributed by atoms with van der Waals surface area (Å²) in [6, 6.07) is 0. The highest BCUT2D eigenvalue weighted by Gasteiger charge is 2.48. The van der Waals surface area contributed by atoms with Gasteiger partial charge in [0.05, 0.1) is 0 Å². The van der Waals surface area contributed by atoms with E-state index in [4.69, 9.17) is 5.73 Å². The number of hydrogen-bond acceptors (Lipinski definition) is 3. The van der Waals surface area contributed by atoms with Crippen molar-refractivity contribution in [3.63, 3.8) is 0 Å². The fourth-order valence-electron chi connectivity index (χ4n) is 3.10. The van der Waals surface area contributed by atoms with Gasteiger partial charge in [0.15, 0.2) is 0 Å². The Morgan fingerprint density at radius 2 is 2.20 bits per heavy atom. The Hall–Kier alpha value is -0.420. The first kappa shape index (κ1) is 11.1. The maximum absolute atomic E-state index is 11.1. The van der Waals surface area contributed by atoms with Gasteiger partial charge in [-0.2, -0.15) is 0 Å². The molecular weight excluding hydrogens is 210 g/mol. The van der Waals surface area contributed by atoms with Crippen molar-refractivity contribution in [1.29, 1.82) is 0 Å². The summed E-state index contributed by atoms with van der Waals surface area (Å²) in [6.07, 6.45) is 3.15. The number of nitrogens with one attached hydrogen (secondary N) is 1. The molecule has 4 nitrogen and oxygen atoms in total. The lowest BCUT2D eigenvalue weighted by Crippen LogP contribution is -2.50. The molecule has 3 N–H and O–H groups in total. The van der Waals surface area contributed by atoms with Gasteiger partial charge in [0.1, 0.15) is 22.7 Å². The molecule has 0 bridgehead atoms. The van der Waals surface area contributed by atoms with Crippen LogP contribution in [0.4, 0.5) is 0 Å². The Morgan fingerprint density at radius 3 is 2.60 bits per heavy atom. The smallest absolute Gasteiger partial charge is 0.140 e. The lowest BCUT2D eigenvalue weighted by molar-refractivity contribution is 0.000700. The third-order valence-electron chi connectivity index (χ3n) is 3.29. The number of amidine groups is 1. The van der Waals surface area contributed by atoms with E-state index in [-0.39, 0.29) is 5.41 Å². The first-order valence-corrected chi connectivity index (χ1v) is 6.65.